The fraction of sp³-hybridized carbons (Fsp3) is 0.462. The van der Waals surface area contributed by atoms with Crippen LogP contribution in [0.1, 0.15) is 6.92 Å². The van der Waals surface area contributed by atoms with Gasteiger partial charge in [0.1, 0.15) is 13.2 Å². The van der Waals surface area contributed by atoms with Crippen LogP contribution in [0.15, 0.2) is 23.1 Å². The highest BCUT2D eigenvalue weighted by Gasteiger charge is 2.32. The molecular formula is C13H16N2O5S. The largest absolute Gasteiger partial charge is 0.486 e. The van der Waals surface area contributed by atoms with Gasteiger partial charge in [0.2, 0.25) is 15.9 Å². The van der Waals surface area contributed by atoms with E-state index in [2.05, 4.69) is 5.32 Å². The fourth-order valence-corrected chi connectivity index (χ4v) is 3.91. The summed E-state index contributed by atoms with van der Waals surface area (Å²) < 4.78 is 37.2. The Kier molecular flexibility index (Phi) is 3.50. The summed E-state index contributed by atoms with van der Waals surface area (Å²) in [4.78, 5) is 11.6. The first kappa shape index (κ1) is 14.2. The highest BCUT2D eigenvalue weighted by Crippen LogP contribution is 2.33. The molecule has 0 radical (unpaired) electrons. The number of nitrogens with zero attached hydrogens (tertiary/aromatic N) is 1. The number of sulfonamides is 1. The van der Waals surface area contributed by atoms with Crippen molar-refractivity contribution in [3.8, 4) is 11.5 Å². The zero-order chi connectivity index (χ0) is 15.0. The molecule has 0 saturated carbocycles. The van der Waals surface area contributed by atoms with Crippen LogP contribution in [0, 0.1) is 0 Å². The molecule has 1 N–H and O–H groups in total. The molecule has 1 unspecified atom stereocenters. The molecule has 3 rings (SSSR count). The fourth-order valence-electron chi connectivity index (χ4n) is 2.41. The Hall–Kier alpha value is -1.80. The summed E-state index contributed by atoms with van der Waals surface area (Å²) in [7, 11) is -3.72. The highest BCUT2D eigenvalue weighted by atomic mass is 32.2. The van der Waals surface area contributed by atoms with Gasteiger partial charge < -0.3 is 14.8 Å². The van der Waals surface area contributed by atoms with Crippen molar-refractivity contribution >= 4 is 15.9 Å². The first-order valence-electron chi connectivity index (χ1n) is 6.66. The Morgan fingerprint density at radius 1 is 1.24 bits per heavy atom. The van der Waals surface area contributed by atoms with E-state index in [9.17, 15) is 13.2 Å². The van der Waals surface area contributed by atoms with Gasteiger partial charge in [-0.3, -0.25) is 4.79 Å². The molecule has 1 fully saturated rings. The number of hydrogen-bond acceptors (Lipinski definition) is 5. The molecule has 7 nitrogen and oxygen atoms in total. The molecule has 0 aliphatic carbocycles. The highest BCUT2D eigenvalue weighted by molar-refractivity contribution is 7.89. The lowest BCUT2D eigenvalue weighted by Crippen LogP contribution is -2.54. The molecule has 114 valence electrons. The molecular weight excluding hydrogens is 296 g/mol. The summed E-state index contributed by atoms with van der Waals surface area (Å²) in [6, 6.07) is 4.29. The van der Waals surface area contributed by atoms with Gasteiger partial charge in [-0.05, 0) is 19.1 Å². The minimum atomic E-state index is -3.72. The van der Waals surface area contributed by atoms with Gasteiger partial charge in [-0.2, -0.15) is 4.31 Å². The molecule has 1 atom stereocenters. The average molecular weight is 312 g/mol. The number of carbonyl (C=O) groups excluding carboxylic acids is 1. The first-order chi connectivity index (χ1) is 9.96. The normalized spacial score (nSPS) is 22.7. The number of rotatable bonds is 2. The molecule has 1 aromatic rings. The summed E-state index contributed by atoms with van der Waals surface area (Å²) in [5.41, 5.74) is 0. The van der Waals surface area contributed by atoms with Gasteiger partial charge in [0.05, 0.1) is 11.4 Å². The second-order valence-electron chi connectivity index (χ2n) is 5.07. The van der Waals surface area contributed by atoms with Crippen LogP contribution in [0.3, 0.4) is 0 Å². The van der Waals surface area contributed by atoms with E-state index >= 15 is 0 Å². The summed E-state index contributed by atoms with van der Waals surface area (Å²) in [6.45, 7) is 2.69. The van der Waals surface area contributed by atoms with Crippen LogP contribution >= 0.6 is 0 Å². The maximum absolute atomic E-state index is 12.6. The third-order valence-electron chi connectivity index (χ3n) is 3.36. The lowest BCUT2D eigenvalue weighted by molar-refractivity contribution is -0.123. The molecule has 1 saturated heterocycles. The average Bonchev–Trinajstić information content (AvgIpc) is 2.45. The van der Waals surface area contributed by atoms with Gasteiger partial charge in [0, 0.05) is 18.7 Å². The van der Waals surface area contributed by atoms with E-state index in [1.165, 1.54) is 16.4 Å². The van der Waals surface area contributed by atoms with Crippen molar-refractivity contribution in [1.29, 1.82) is 0 Å². The lowest BCUT2D eigenvalue weighted by Gasteiger charge is -2.30. The SMILES string of the molecule is CC1CN(S(=O)(=O)c2ccc3c(c2)OCCO3)CC(=O)N1. The molecule has 0 spiro atoms. The Morgan fingerprint density at radius 2 is 1.95 bits per heavy atom. The zero-order valence-corrected chi connectivity index (χ0v) is 12.4. The molecule has 21 heavy (non-hydrogen) atoms. The number of hydrogen-bond donors (Lipinski definition) is 1. The second-order valence-corrected chi connectivity index (χ2v) is 7.01. The van der Waals surface area contributed by atoms with Crippen LogP contribution in [-0.4, -0.2) is 51.0 Å². The summed E-state index contributed by atoms with van der Waals surface area (Å²) >= 11 is 0. The lowest BCUT2D eigenvalue weighted by atomic mass is 10.3. The van der Waals surface area contributed by atoms with Gasteiger partial charge in [0.25, 0.3) is 0 Å². The Morgan fingerprint density at radius 3 is 2.67 bits per heavy atom. The van der Waals surface area contributed by atoms with E-state index < -0.39 is 10.0 Å². The molecule has 1 amide bonds. The summed E-state index contributed by atoms with van der Waals surface area (Å²) in [5, 5.41) is 2.69. The van der Waals surface area contributed by atoms with Gasteiger partial charge >= 0.3 is 0 Å². The quantitative estimate of drug-likeness (QED) is 0.829. The number of nitrogens with one attached hydrogen (secondary N) is 1. The maximum atomic E-state index is 12.6. The second kappa shape index (κ2) is 5.19. The molecule has 8 heteroatoms. The number of piperazine rings is 1. The van der Waals surface area contributed by atoms with Crippen molar-refractivity contribution in [2.75, 3.05) is 26.3 Å². The molecule has 2 aliphatic rings. The Labute approximate surface area is 122 Å². The van der Waals surface area contributed by atoms with E-state index in [0.717, 1.165) is 0 Å². The van der Waals surface area contributed by atoms with E-state index in [0.29, 0.717) is 24.7 Å². The summed E-state index contributed by atoms with van der Waals surface area (Å²) in [6.07, 6.45) is 0. The van der Waals surface area contributed by atoms with Crippen molar-refractivity contribution in [3.63, 3.8) is 0 Å². The van der Waals surface area contributed by atoms with Gasteiger partial charge in [-0.15, -0.1) is 0 Å². The van der Waals surface area contributed by atoms with E-state index in [1.807, 2.05) is 0 Å². The van der Waals surface area contributed by atoms with Crippen LogP contribution in [0.5, 0.6) is 11.5 Å². The van der Waals surface area contributed by atoms with E-state index in [1.54, 1.807) is 13.0 Å². The predicted molar refractivity (Wildman–Crippen MR) is 73.8 cm³/mol. The third kappa shape index (κ3) is 2.68. The monoisotopic (exact) mass is 312 g/mol. The smallest absolute Gasteiger partial charge is 0.243 e. The number of carbonyl (C=O) groups is 1. The van der Waals surface area contributed by atoms with Crippen molar-refractivity contribution in [2.24, 2.45) is 0 Å². The molecule has 0 aromatic heterocycles. The number of amides is 1. The minimum Gasteiger partial charge on any atom is -0.486 e. The van der Waals surface area contributed by atoms with Crippen LogP contribution < -0.4 is 14.8 Å². The van der Waals surface area contributed by atoms with E-state index in [-0.39, 0.29) is 29.9 Å². The first-order valence-corrected chi connectivity index (χ1v) is 8.10. The van der Waals surface area contributed by atoms with Crippen LogP contribution in [0.2, 0.25) is 0 Å². The molecule has 1 aromatic carbocycles. The third-order valence-corrected chi connectivity index (χ3v) is 5.16. The van der Waals surface area contributed by atoms with Crippen LogP contribution in [0.25, 0.3) is 0 Å². The number of benzene rings is 1. The Balaban J connectivity index is 1.92. The topological polar surface area (TPSA) is 84.9 Å². The van der Waals surface area contributed by atoms with E-state index in [4.69, 9.17) is 9.47 Å². The molecule has 2 heterocycles. The molecule has 0 bridgehead atoms. The Bertz CT molecular complexity index is 673. The van der Waals surface area contributed by atoms with Gasteiger partial charge in [-0.25, -0.2) is 8.42 Å². The van der Waals surface area contributed by atoms with Gasteiger partial charge in [-0.1, -0.05) is 0 Å². The van der Waals surface area contributed by atoms with Crippen molar-refractivity contribution < 1.29 is 22.7 Å². The van der Waals surface area contributed by atoms with Crippen molar-refractivity contribution in [1.82, 2.24) is 9.62 Å². The summed E-state index contributed by atoms with van der Waals surface area (Å²) in [5.74, 6) is 0.650. The van der Waals surface area contributed by atoms with Crippen molar-refractivity contribution in [2.45, 2.75) is 17.9 Å². The molecule has 2 aliphatic heterocycles. The standard InChI is InChI=1S/C13H16N2O5S/c1-9-7-15(8-13(16)14-9)21(17,18)10-2-3-11-12(6-10)20-5-4-19-11/h2-3,6,9H,4-5,7-8H2,1H3,(H,14,16). The maximum Gasteiger partial charge on any atom is 0.243 e. The van der Waals surface area contributed by atoms with Crippen molar-refractivity contribution in [3.05, 3.63) is 18.2 Å². The minimum absolute atomic E-state index is 0.105. The van der Waals surface area contributed by atoms with Crippen LogP contribution in [0.4, 0.5) is 0 Å². The number of ether oxygens (including phenoxy) is 2. The van der Waals surface area contributed by atoms with Gasteiger partial charge in [0.15, 0.2) is 11.5 Å². The predicted octanol–water partition coefficient (Wildman–Crippen LogP) is -0.0332. The van der Waals surface area contributed by atoms with Crippen LogP contribution in [-0.2, 0) is 14.8 Å². The number of fused-ring (bicyclic) bond motifs is 1. The zero-order valence-electron chi connectivity index (χ0n) is 11.5.